The van der Waals surface area contributed by atoms with Crippen LogP contribution in [0.5, 0.6) is 0 Å². The van der Waals surface area contributed by atoms with Gasteiger partial charge in [-0.1, -0.05) is 30.3 Å². The van der Waals surface area contributed by atoms with Crippen molar-refractivity contribution in [2.75, 3.05) is 5.32 Å². The van der Waals surface area contributed by atoms with Crippen molar-refractivity contribution < 1.29 is 24.2 Å². The topological polar surface area (TPSA) is 169 Å². The minimum Gasteiger partial charge on any atom is -0.465 e. The van der Waals surface area contributed by atoms with Crippen LogP contribution in [0.25, 0.3) is 10.6 Å². The first-order chi connectivity index (χ1) is 18.7. The first-order valence-corrected chi connectivity index (χ1v) is 13.5. The van der Waals surface area contributed by atoms with E-state index < -0.39 is 6.09 Å². The van der Waals surface area contributed by atoms with Gasteiger partial charge < -0.3 is 31.5 Å². The molecule has 3 aromatic rings. The van der Waals surface area contributed by atoms with E-state index in [1.807, 2.05) is 62.5 Å². The number of nitrogens with zero attached hydrogens (tertiary/aromatic N) is 2. The number of carboxylic acid groups (broad SMARTS) is 1. The molecule has 1 aliphatic carbocycles. The van der Waals surface area contributed by atoms with Crippen molar-refractivity contribution in [1.82, 2.24) is 20.6 Å². The van der Waals surface area contributed by atoms with E-state index in [1.54, 1.807) is 17.5 Å². The Labute approximate surface area is 231 Å². The summed E-state index contributed by atoms with van der Waals surface area (Å²) in [5.74, 6) is 0.391. The normalized spacial score (nSPS) is 16.4. The number of carbonyl (C=O) groups is 3. The molecule has 208 valence electrons. The molecule has 2 aromatic heterocycles. The van der Waals surface area contributed by atoms with Gasteiger partial charge in [0, 0.05) is 24.7 Å². The van der Waals surface area contributed by atoms with Crippen LogP contribution in [0, 0.1) is 0 Å². The van der Waals surface area contributed by atoms with Gasteiger partial charge in [0.15, 0.2) is 0 Å². The maximum Gasteiger partial charge on any atom is 0.407 e. The molecule has 0 bridgehead atoms. The zero-order chi connectivity index (χ0) is 28.2. The molecule has 0 saturated heterocycles. The van der Waals surface area contributed by atoms with E-state index in [1.165, 1.54) is 0 Å². The molecule has 4 rings (SSSR count). The van der Waals surface area contributed by atoms with Gasteiger partial charge in [-0.25, -0.2) is 19.4 Å². The van der Waals surface area contributed by atoms with Crippen molar-refractivity contribution in [2.24, 2.45) is 5.73 Å². The number of nitrogens with one attached hydrogen (secondary N) is 3. The molecule has 0 aliphatic heterocycles. The van der Waals surface area contributed by atoms with Crippen molar-refractivity contribution in [3.63, 3.8) is 0 Å². The van der Waals surface area contributed by atoms with Gasteiger partial charge in [0.2, 0.25) is 0 Å². The van der Waals surface area contributed by atoms with Gasteiger partial charge in [-0.2, -0.15) is 0 Å². The lowest BCUT2D eigenvalue weighted by atomic mass is 9.86. The van der Waals surface area contributed by atoms with E-state index in [0.29, 0.717) is 18.2 Å². The molecule has 0 radical (unpaired) electrons. The molecular weight excluding hydrogens is 520 g/mol. The third kappa shape index (κ3) is 10.2. The number of carbonyl (C=O) groups excluding carboxylic acids is 2. The average Bonchev–Trinajstić information content (AvgIpc) is 3.39. The zero-order valence-corrected chi connectivity index (χ0v) is 22.7. The molecule has 39 heavy (non-hydrogen) atoms. The highest BCUT2D eigenvalue weighted by atomic mass is 32.1. The van der Waals surface area contributed by atoms with Crippen LogP contribution in [0.1, 0.15) is 56.0 Å². The Kier molecular flexibility index (Phi) is 11.0. The molecule has 12 heteroatoms. The fourth-order valence-electron chi connectivity index (χ4n) is 4.06. The predicted molar refractivity (Wildman–Crippen MR) is 150 cm³/mol. The number of hydrogen-bond acceptors (Lipinski definition) is 7. The number of amides is 4. The Bertz CT molecular complexity index is 1210. The number of alkyl carbamates (subject to hydrolysis) is 1. The maximum atomic E-state index is 12.2. The Hall–Kier alpha value is -4.19. The van der Waals surface area contributed by atoms with Crippen LogP contribution in [0.2, 0.25) is 0 Å². The number of nitrogens with two attached hydrogens (primary N) is 1. The van der Waals surface area contributed by atoms with E-state index in [0.717, 1.165) is 46.8 Å². The molecule has 11 nitrogen and oxygen atoms in total. The van der Waals surface area contributed by atoms with Crippen LogP contribution in [0.3, 0.4) is 0 Å². The molecule has 2 heterocycles. The summed E-state index contributed by atoms with van der Waals surface area (Å²) in [7, 11) is 0. The highest BCUT2D eigenvalue weighted by Crippen LogP contribution is 2.37. The second kappa shape index (κ2) is 14.7. The molecule has 1 fully saturated rings. The third-order valence-corrected chi connectivity index (χ3v) is 7.02. The monoisotopic (exact) mass is 554 g/mol. The van der Waals surface area contributed by atoms with Gasteiger partial charge in [0.25, 0.3) is 0 Å². The number of urea groups is 1. The number of rotatable bonds is 7. The first kappa shape index (κ1) is 29.4. The van der Waals surface area contributed by atoms with E-state index in [9.17, 15) is 9.59 Å². The van der Waals surface area contributed by atoms with E-state index in [-0.39, 0.29) is 24.3 Å². The summed E-state index contributed by atoms with van der Waals surface area (Å²) in [5.41, 5.74) is 6.53. The van der Waals surface area contributed by atoms with Crippen LogP contribution in [-0.2, 0) is 11.3 Å². The van der Waals surface area contributed by atoms with Gasteiger partial charge >= 0.3 is 18.2 Å². The summed E-state index contributed by atoms with van der Waals surface area (Å²) in [6.07, 6.45) is 5.53. The number of ether oxygens (including phenoxy) is 1. The summed E-state index contributed by atoms with van der Waals surface area (Å²) in [6, 6.07) is 13.4. The molecule has 0 unspecified atom stereocenters. The van der Waals surface area contributed by atoms with Crippen LogP contribution in [0.15, 0.2) is 54.9 Å². The van der Waals surface area contributed by atoms with Crippen molar-refractivity contribution in [2.45, 2.75) is 64.1 Å². The molecule has 0 atom stereocenters. The number of hydrogen-bond donors (Lipinski definition) is 5. The molecule has 6 N–H and O–H groups in total. The molecule has 0 spiro atoms. The van der Waals surface area contributed by atoms with Crippen molar-refractivity contribution in [3.8, 4) is 10.6 Å². The van der Waals surface area contributed by atoms with E-state index in [4.69, 9.17) is 14.6 Å². The molecular formula is C27H34N6O5S. The van der Waals surface area contributed by atoms with Crippen molar-refractivity contribution in [3.05, 3.63) is 65.4 Å². The van der Waals surface area contributed by atoms with Gasteiger partial charge in [0.05, 0.1) is 33.6 Å². The van der Waals surface area contributed by atoms with Crippen molar-refractivity contribution >= 4 is 35.2 Å². The predicted octanol–water partition coefficient (Wildman–Crippen LogP) is 5.31. The number of benzene rings is 1. The number of aromatic nitrogens is 2. The lowest BCUT2D eigenvalue weighted by molar-refractivity contribution is 0.109. The number of pyridine rings is 1. The quantitative estimate of drug-likeness (QED) is 0.263. The lowest BCUT2D eigenvalue weighted by Crippen LogP contribution is -2.38. The van der Waals surface area contributed by atoms with Crippen LogP contribution in [0.4, 0.5) is 20.1 Å². The maximum absolute atomic E-state index is 12.2. The summed E-state index contributed by atoms with van der Waals surface area (Å²) in [6.45, 7) is 4.15. The molecule has 1 saturated carbocycles. The second-order valence-corrected chi connectivity index (χ2v) is 10.3. The number of anilines is 1. The van der Waals surface area contributed by atoms with Crippen molar-refractivity contribution in [1.29, 1.82) is 0 Å². The van der Waals surface area contributed by atoms with Crippen LogP contribution < -0.4 is 21.7 Å². The fraction of sp³-hybridized carbons (Fsp3) is 0.370. The van der Waals surface area contributed by atoms with E-state index in [2.05, 4.69) is 31.7 Å². The fourth-order valence-corrected chi connectivity index (χ4v) is 5.13. The Balaban J connectivity index is 0.000000983. The highest BCUT2D eigenvalue weighted by Gasteiger charge is 2.26. The van der Waals surface area contributed by atoms with Gasteiger partial charge in [-0.05, 0) is 57.2 Å². The minimum atomic E-state index is -1.33. The summed E-state index contributed by atoms with van der Waals surface area (Å²) >= 11 is 1.66. The van der Waals surface area contributed by atoms with Crippen LogP contribution >= 0.6 is 11.3 Å². The second-order valence-electron chi connectivity index (χ2n) is 9.27. The number of thiazole rings is 1. The first-order valence-electron chi connectivity index (χ1n) is 12.7. The molecule has 1 aromatic carbocycles. The largest absolute Gasteiger partial charge is 0.465 e. The Morgan fingerprint density at radius 1 is 1.05 bits per heavy atom. The van der Waals surface area contributed by atoms with Crippen LogP contribution in [-0.4, -0.2) is 45.4 Å². The standard InChI is InChI=1S/C26H31N5O3S.CH3NO2/c1-17(2)34-26(33)31-20-10-8-19(9-11-20)24-28-16-23(35-24)22-13-12-21(15-27-22)30-25(32)29-14-18-6-4-3-5-7-18;2-1(3)4/h3-7,12-13,15-17,19-20H,8-11,14H2,1-2H3,(H,31,33)(H2,29,30,32);2H2,(H,3,4). The third-order valence-electron chi connectivity index (χ3n) is 5.83. The summed E-state index contributed by atoms with van der Waals surface area (Å²) in [5, 5.41) is 16.9. The SMILES string of the molecule is CC(C)OC(=O)NC1CCC(c2ncc(-c3ccc(NC(=O)NCc4ccccc4)cn3)s2)CC1.NC(=O)O. The van der Waals surface area contributed by atoms with Gasteiger partial charge in [-0.3, -0.25) is 4.98 Å². The van der Waals surface area contributed by atoms with Gasteiger partial charge in [-0.15, -0.1) is 11.3 Å². The Morgan fingerprint density at radius 3 is 2.36 bits per heavy atom. The average molecular weight is 555 g/mol. The van der Waals surface area contributed by atoms with E-state index >= 15 is 0 Å². The zero-order valence-electron chi connectivity index (χ0n) is 21.9. The minimum absolute atomic E-state index is 0.115. The summed E-state index contributed by atoms with van der Waals surface area (Å²) < 4.78 is 5.18. The molecule has 1 aliphatic rings. The smallest absolute Gasteiger partial charge is 0.407 e. The highest BCUT2D eigenvalue weighted by molar-refractivity contribution is 7.15. The Morgan fingerprint density at radius 2 is 1.74 bits per heavy atom. The molecule has 4 amide bonds. The lowest BCUT2D eigenvalue weighted by Gasteiger charge is -2.28. The van der Waals surface area contributed by atoms with Gasteiger partial charge in [0.1, 0.15) is 0 Å². The number of primary amides is 1. The summed E-state index contributed by atoms with van der Waals surface area (Å²) in [4.78, 5) is 42.9.